The zero-order valence-electron chi connectivity index (χ0n) is 11.0. The predicted octanol–water partition coefficient (Wildman–Crippen LogP) is 2.04. The molecule has 18 heavy (non-hydrogen) atoms. The fourth-order valence-electron chi connectivity index (χ4n) is 1.54. The minimum Gasteiger partial charge on any atom is -0.496 e. The van der Waals surface area contributed by atoms with Crippen LogP contribution in [0.2, 0.25) is 0 Å². The van der Waals surface area contributed by atoms with Crippen LogP contribution < -0.4 is 4.74 Å². The number of ether oxygens (including phenoxy) is 2. The number of sulfone groups is 1. The molecule has 5 heteroatoms. The molecule has 102 valence electrons. The minimum atomic E-state index is -3.17. The summed E-state index contributed by atoms with van der Waals surface area (Å²) in [5.41, 5.74) is 0.685. The molecule has 0 radical (unpaired) electrons. The first-order valence-electron chi connectivity index (χ1n) is 5.88. The van der Waals surface area contributed by atoms with Crippen LogP contribution in [0.4, 0.5) is 0 Å². The molecule has 0 aliphatic rings. The van der Waals surface area contributed by atoms with Gasteiger partial charge in [0.05, 0.1) is 31.3 Å². The molecule has 0 aliphatic heterocycles. The lowest BCUT2D eigenvalue weighted by molar-refractivity contribution is 0.0912. The smallest absolute Gasteiger partial charge is 0.156 e. The summed E-state index contributed by atoms with van der Waals surface area (Å²) in [7, 11) is -1.63. The van der Waals surface area contributed by atoms with Gasteiger partial charge in [-0.3, -0.25) is 0 Å². The SMILES string of the molecule is COc1ccccc1CS(=O)(=O)CCOC(C)C. The van der Waals surface area contributed by atoms with Gasteiger partial charge >= 0.3 is 0 Å². The molecule has 0 N–H and O–H groups in total. The monoisotopic (exact) mass is 272 g/mol. The predicted molar refractivity (Wildman–Crippen MR) is 71.6 cm³/mol. The Labute approximate surface area is 109 Å². The number of hydrogen-bond donors (Lipinski definition) is 0. The Bertz CT molecular complexity index is 466. The zero-order chi connectivity index (χ0) is 13.6. The highest BCUT2D eigenvalue weighted by Gasteiger charge is 2.15. The lowest BCUT2D eigenvalue weighted by atomic mass is 10.2. The number of benzene rings is 1. The standard InChI is InChI=1S/C13H20O4S/c1-11(2)17-8-9-18(14,15)10-12-6-4-5-7-13(12)16-3/h4-7,11H,8-10H2,1-3H3. The van der Waals surface area contributed by atoms with Crippen molar-refractivity contribution in [3.63, 3.8) is 0 Å². The molecule has 0 aromatic heterocycles. The Balaban J connectivity index is 2.65. The van der Waals surface area contributed by atoms with Crippen LogP contribution in [-0.4, -0.2) is 34.0 Å². The average Bonchev–Trinajstić information content (AvgIpc) is 2.28. The van der Waals surface area contributed by atoms with Gasteiger partial charge in [-0.2, -0.15) is 0 Å². The number of rotatable bonds is 7. The van der Waals surface area contributed by atoms with Crippen molar-refractivity contribution in [2.24, 2.45) is 0 Å². The minimum absolute atomic E-state index is 0.0154. The normalized spacial score (nSPS) is 11.8. The Kier molecular flexibility index (Phi) is 5.62. The molecule has 0 fully saturated rings. The van der Waals surface area contributed by atoms with Gasteiger partial charge in [0.1, 0.15) is 5.75 Å². The first kappa shape index (κ1) is 15.0. The number of para-hydroxylation sites is 1. The molecule has 0 aliphatic carbocycles. The molecule has 1 rings (SSSR count). The molecule has 0 saturated heterocycles. The van der Waals surface area contributed by atoms with Crippen molar-refractivity contribution < 1.29 is 17.9 Å². The van der Waals surface area contributed by atoms with Gasteiger partial charge in [0.2, 0.25) is 0 Å². The molecule has 1 aromatic carbocycles. The van der Waals surface area contributed by atoms with Gasteiger partial charge in [-0.15, -0.1) is 0 Å². The molecule has 1 aromatic rings. The Morgan fingerprint density at radius 3 is 2.50 bits per heavy atom. The van der Waals surface area contributed by atoms with E-state index in [1.165, 1.54) is 7.11 Å². The van der Waals surface area contributed by atoms with Crippen LogP contribution in [0.1, 0.15) is 19.4 Å². The van der Waals surface area contributed by atoms with E-state index in [9.17, 15) is 8.42 Å². The van der Waals surface area contributed by atoms with E-state index in [4.69, 9.17) is 9.47 Å². The Morgan fingerprint density at radius 2 is 1.89 bits per heavy atom. The second-order valence-corrected chi connectivity index (χ2v) is 6.51. The molecule has 4 nitrogen and oxygen atoms in total. The molecule has 0 atom stereocenters. The molecule has 0 spiro atoms. The molecular formula is C13H20O4S. The zero-order valence-corrected chi connectivity index (χ0v) is 11.9. The highest BCUT2D eigenvalue weighted by molar-refractivity contribution is 7.90. The fraction of sp³-hybridized carbons (Fsp3) is 0.538. The third kappa shape index (κ3) is 5.06. The van der Waals surface area contributed by atoms with Crippen molar-refractivity contribution in [1.29, 1.82) is 0 Å². The second-order valence-electron chi connectivity index (χ2n) is 4.32. The third-order valence-electron chi connectivity index (χ3n) is 2.41. The Hall–Kier alpha value is -1.07. The van der Waals surface area contributed by atoms with E-state index in [-0.39, 0.29) is 24.2 Å². The summed E-state index contributed by atoms with van der Waals surface area (Å²) in [6.07, 6.45) is 0.0476. The van der Waals surface area contributed by atoms with Gasteiger partial charge in [0.25, 0.3) is 0 Å². The summed E-state index contributed by atoms with van der Waals surface area (Å²) < 4.78 is 34.2. The molecule has 0 heterocycles. The highest BCUT2D eigenvalue weighted by Crippen LogP contribution is 2.20. The van der Waals surface area contributed by atoms with Crippen molar-refractivity contribution in [2.45, 2.75) is 25.7 Å². The lowest BCUT2D eigenvalue weighted by Crippen LogP contribution is -2.17. The summed E-state index contributed by atoms with van der Waals surface area (Å²) in [6.45, 7) is 3.99. The van der Waals surface area contributed by atoms with E-state index < -0.39 is 9.84 Å². The van der Waals surface area contributed by atoms with Crippen molar-refractivity contribution in [2.75, 3.05) is 19.5 Å². The summed E-state index contributed by atoms with van der Waals surface area (Å²) >= 11 is 0. The van der Waals surface area contributed by atoms with Gasteiger partial charge in [-0.1, -0.05) is 18.2 Å². The van der Waals surface area contributed by atoms with Crippen molar-refractivity contribution >= 4 is 9.84 Å². The fourth-order valence-corrected chi connectivity index (χ4v) is 2.75. The van der Waals surface area contributed by atoms with E-state index in [1.54, 1.807) is 18.2 Å². The molecule has 0 unspecified atom stereocenters. The summed E-state index contributed by atoms with van der Waals surface area (Å²) in [5, 5.41) is 0. The molecular weight excluding hydrogens is 252 g/mol. The van der Waals surface area contributed by atoms with E-state index >= 15 is 0 Å². The van der Waals surface area contributed by atoms with Crippen LogP contribution in [-0.2, 0) is 20.3 Å². The average molecular weight is 272 g/mol. The van der Waals surface area contributed by atoms with E-state index in [0.29, 0.717) is 11.3 Å². The lowest BCUT2D eigenvalue weighted by Gasteiger charge is -2.10. The van der Waals surface area contributed by atoms with Crippen LogP contribution in [0.3, 0.4) is 0 Å². The van der Waals surface area contributed by atoms with Gasteiger partial charge < -0.3 is 9.47 Å². The second kappa shape index (κ2) is 6.75. The summed E-state index contributed by atoms with van der Waals surface area (Å²) in [6, 6.07) is 7.14. The van der Waals surface area contributed by atoms with Crippen LogP contribution >= 0.6 is 0 Å². The van der Waals surface area contributed by atoms with E-state index in [2.05, 4.69) is 0 Å². The maximum atomic E-state index is 11.9. The van der Waals surface area contributed by atoms with E-state index in [1.807, 2.05) is 19.9 Å². The van der Waals surface area contributed by atoms with Crippen molar-refractivity contribution in [3.8, 4) is 5.75 Å². The first-order chi connectivity index (χ1) is 8.44. The van der Waals surface area contributed by atoms with Crippen LogP contribution in [0.15, 0.2) is 24.3 Å². The third-order valence-corrected chi connectivity index (χ3v) is 3.95. The van der Waals surface area contributed by atoms with Crippen LogP contribution in [0.25, 0.3) is 0 Å². The quantitative estimate of drug-likeness (QED) is 0.762. The Morgan fingerprint density at radius 1 is 1.22 bits per heavy atom. The van der Waals surface area contributed by atoms with Gasteiger partial charge in [-0.05, 0) is 19.9 Å². The van der Waals surface area contributed by atoms with Gasteiger partial charge in [0, 0.05) is 5.56 Å². The molecule has 0 amide bonds. The van der Waals surface area contributed by atoms with Gasteiger partial charge in [-0.25, -0.2) is 8.42 Å². The molecule has 0 bridgehead atoms. The molecule has 0 saturated carbocycles. The highest BCUT2D eigenvalue weighted by atomic mass is 32.2. The maximum Gasteiger partial charge on any atom is 0.156 e. The number of methoxy groups -OCH3 is 1. The maximum absolute atomic E-state index is 11.9. The van der Waals surface area contributed by atoms with Crippen LogP contribution in [0.5, 0.6) is 5.75 Å². The van der Waals surface area contributed by atoms with Crippen molar-refractivity contribution in [3.05, 3.63) is 29.8 Å². The van der Waals surface area contributed by atoms with E-state index in [0.717, 1.165) is 0 Å². The van der Waals surface area contributed by atoms with Crippen molar-refractivity contribution in [1.82, 2.24) is 0 Å². The summed E-state index contributed by atoms with van der Waals surface area (Å²) in [4.78, 5) is 0. The largest absolute Gasteiger partial charge is 0.496 e. The summed E-state index contributed by atoms with van der Waals surface area (Å²) in [5.74, 6) is 0.618. The first-order valence-corrected chi connectivity index (χ1v) is 7.70. The van der Waals surface area contributed by atoms with Crippen LogP contribution in [0, 0.1) is 0 Å². The topological polar surface area (TPSA) is 52.6 Å². The van der Waals surface area contributed by atoms with Gasteiger partial charge in [0.15, 0.2) is 9.84 Å². The number of hydrogen-bond acceptors (Lipinski definition) is 4.